The molecule has 0 spiro atoms. The maximum Gasteiger partial charge on any atom is 0.113 e. The first-order chi connectivity index (χ1) is 5.00. The average Bonchev–Trinajstić information content (AvgIpc) is 2.14. The molecule has 0 aliphatic carbocycles. The lowest BCUT2D eigenvalue weighted by atomic mass is 9.82. The van der Waals surface area contributed by atoms with Gasteiger partial charge in [-0.05, 0) is 13.3 Å². The molecule has 1 fully saturated rings. The van der Waals surface area contributed by atoms with Crippen molar-refractivity contribution in [1.29, 1.82) is 0 Å². The summed E-state index contributed by atoms with van der Waals surface area (Å²) in [5.41, 5.74) is -1.30. The molecule has 11 heavy (non-hydrogen) atoms. The highest BCUT2D eigenvalue weighted by molar-refractivity contribution is 6.12. The normalized spacial score (nSPS) is 51.5. The Kier molecular flexibility index (Phi) is 2.28. The van der Waals surface area contributed by atoms with Gasteiger partial charge < -0.3 is 14.9 Å². The lowest BCUT2D eigenvalue weighted by Crippen LogP contribution is -2.45. The first-order valence-corrected chi connectivity index (χ1v) is 3.81. The zero-order chi connectivity index (χ0) is 8.65. The topological polar surface area (TPSA) is 49.7 Å². The van der Waals surface area contributed by atoms with Crippen LogP contribution in [0.2, 0.25) is 0 Å². The van der Waals surface area contributed by atoms with E-state index in [4.69, 9.17) is 12.6 Å². The fourth-order valence-electron chi connectivity index (χ4n) is 1.26. The van der Waals surface area contributed by atoms with Crippen molar-refractivity contribution in [2.24, 2.45) is 0 Å². The van der Waals surface area contributed by atoms with E-state index in [2.05, 4.69) is 0 Å². The monoisotopic (exact) mass is 156 g/mol. The highest BCUT2D eigenvalue weighted by Crippen LogP contribution is 2.30. The van der Waals surface area contributed by atoms with Gasteiger partial charge in [-0.15, -0.1) is 0 Å². The molecular weight excluding hydrogens is 143 g/mol. The van der Waals surface area contributed by atoms with Crippen LogP contribution in [0.3, 0.4) is 0 Å². The predicted octanol–water partition coefficient (Wildman–Crippen LogP) is -0.598. The van der Waals surface area contributed by atoms with Crippen LogP contribution in [0.4, 0.5) is 0 Å². The van der Waals surface area contributed by atoms with Gasteiger partial charge in [-0.3, -0.25) is 0 Å². The summed E-state index contributed by atoms with van der Waals surface area (Å²) >= 11 is 0. The third-order valence-electron chi connectivity index (χ3n) is 2.25. The fourth-order valence-corrected chi connectivity index (χ4v) is 1.26. The lowest BCUT2D eigenvalue weighted by Gasteiger charge is -2.24. The van der Waals surface area contributed by atoms with E-state index in [1.165, 1.54) is 6.92 Å². The van der Waals surface area contributed by atoms with Crippen LogP contribution in [0.25, 0.3) is 0 Å². The van der Waals surface area contributed by atoms with Gasteiger partial charge in [-0.25, -0.2) is 0 Å². The van der Waals surface area contributed by atoms with Gasteiger partial charge in [0.05, 0.1) is 6.10 Å². The van der Waals surface area contributed by atoms with Gasteiger partial charge in [-0.2, -0.15) is 0 Å². The van der Waals surface area contributed by atoms with Gasteiger partial charge in [0.1, 0.15) is 19.6 Å². The Balaban J connectivity index is 2.71. The summed E-state index contributed by atoms with van der Waals surface area (Å²) < 4.78 is 5.12. The Labute approximate surface area is 67.8 Å². The molecule has 0 bridgehead atoms. The summed E-state index contributed by atoms with van der Waals surface area (Å²) in [5.74, 6) is 0. The van der Waals surface area contributed by atoms with Crippen molar-refractivity contribution in [2.45, 2.75) is 44.1 Å². The molecule has 2 radical (unpaired) electrons. The van der Waals surface area contributed by atoms with Gasteiger partial charge in [0, 0.05) is 6.00 Å². The van der Waals surface area contributed by atoms with Crippen LogP contribution in [0.15, 0.2) is 0 Å². The van der Waals surface area contributed by atoms with Crippen molar-refractivity contribution >= 4 is 7.85 Å². The van der Waals surface area contributed by atoms with E-state index in [1.54, 1.807) is 0 Å². The predicted molar refractivity (Wildman–Crippen MR) is 41.3 cm³/mol. The molecule has 4 heteroatoms. The van der Waals surface area contributed by atoms with Crippen molar-refractivity contribution in [3.8, 4) is 0 Å². The third kappa shape index (κ3) is 1.30. The molecule has 0 aromatic heterocycles. The molecule has 0 aromatic carbocycles. The van der Waals surface area contributed by atoms with Crippen LogP contribution in [0, 0.1) is 0 Å². The second-order valence-electron chi connectivity index (χ2n) is 3.17. The molecule has 0 amide bonds. The third-order valence-corrected chi connectivity index (χ3v) is 2.25. The van der Waals surface area contributed by atoms with Crippen LogP contribution < -0.4 is 0 Å². The SMILES string of the molecule is [B]C1O[C@H](CC)[C@@H](O)[C@@]1(C)O. The smallest absolute Gasteiger partial charge is 0.113 e. The van der Waals surface area contributed by atoms with Crippen LogP contribution in [0.1, 0.15) is 20.3 Å². The minimum Gasteiger partial charge on any atom is -0.387 e. The summed E-state index contributed by atoms with van der Waals surface area (Å²) in [6.45, 7) is 3.36. The second kappa shape index (κ2) is 2.77. The molecule has 0 saturated carbocycles. The van der Waals surface area contributed by atoms with E-state index in [9.17, 15) is 10.2 Å². The van der Waals surface area contributed by atoms with Crippen molar-refractivity contribution in [2.75, 3.05) is 0 Å². The summed E-state index contributed by atoms with van der Waals surface area (Å²) in [4.78, 5) is 0. The Morgan fingerprint density at radius 3 is 2.36 bits per heavy atom. The molecular formula is C7H13BO3. The average molecular weight is 156 g/mol. The molecule has 1 aliphatic rings. The van der Waals surface area contributed by atoms with Gasteiger partial charge in [-0.1, -0.05) is 6.92 Å². The van der Waals surface area contributed by atoms with Crippen LogP contribution in [-0.4, -0.2) is 41.9 Å². The molecule has 1 aliphatic heterocycles. The molecule has 0 aromatic rings. The van der Waals surface area contributed by atoms with E-state index < -0.39 is 17.7 Å². The number of aliphatic hydroxyl groups is 2. The van der Waals surface area contributed by atoms with Crippen molar-refractivity contribution in [1.82, 2.24) is 0 Å². The Morgan fingerprint density at radius 1 is 1.64 bits per heavy atom. The second-order valence-corrected chi connectivity index (χ2v) is 3.17. The lowest BCUT2D eigenvalue weighted by molar-refractivity contribution is -0.0425. The quantitative estimate of drug-likeness (QED) is 0.498. The summed E-state index contributed by atoms with van der Waals surface area (Å²) in [6, 6.07) is -0.776. The van der Waals surface area contributed by atoms with Crippen LogP contribution >= 0.6 is 0 Å². The highest BCUT2D eigenvalue weighted by Gasteiger charge is 2.48. The Morgan fingerprint density at radius 2 is 2.18 bits per heavy atom. The molecule has 1 unspecified atom stereocenters. The van der Waals surface area contributed by atoms with Crippen LogP contribution in [-0.2, 0) is 4.74 Å². The largest absolute Gasteiger partial charge is 0.387 e. The maximum atomic E-state index is 9.53. The minimum atomic E-state index is -1.30. The molecule has 1 saturated heterocycles. The van der Waals surface area contributed by atoms with Gasteiger partial charge >= 0.3 is 0 Å². The number of aliphatic hydroxyl groups excluding tert-OH is 1. The number of hydrogen-bond acceptors (Lipinski definition) is 3. The standard InChI is InChI=1S/C7H13BO3/c1-3-4-5(9)7(2,10)6(8)11-4/h4-6,9-10H,3H2,1-2H3/t4-,5-,6?,7-/m1/s1. The van der Waals surface area contributed by atoms with E-state index >= 15 is 0 Å². The number of hydrogen-bond donors (Lipinski definition) is 2. The van der Waals surface area contributed by atoms with Crippen molar-refractivity contribution in [3.63, 3.8) is 0 Å². The number of ether oxygens (including phenoxy) is 1. The van der Waals surface area contributed by atoms with Crippen molar-refractivity contribution < 1.29 is 14.9 Å². The molecule has 3 nitrogen and oxygen atoms in total. The summed E-state index contributed by atoms with van der Waals surface area (Å²) in [5, 5.41) is 19.0. The first kappa shape index (κ1) is 9.04. The van der Waals surface area contributed by atoms with Gasteiger partial charge in [0.2, 0.25) is 0 Å². The van der Waals surface area contributed by atoms with Gasteiger partial charge in [0.15, 0.2) is 0 Å². The van der Waals surface area contributed by atoms with E-state index in [1.807, 2.05) is 6.92 Å². The Hall–Kier alpha value is -0.0551. The molecule has 62 valence electrons. The van der Waals surface area contributed by atoms with Gasteiger partial charge in [0.25, 0.3) is 0 Å². The minimum absolute atomic E-state index is 0.333. The van der Waals surface area contributed by atoms with E-state index in [0.29, 0.717) is 6.42 Å². The summed E-state index contributed by atoms with van der Waals surface area (Å²) in [7, 11) is 5.44. The number of rotatable bonds is 1. The molecule has 1 heterocycles. The van der Waals surface area contributed by atoms with Crippen LogP contribution in [0.5, 0.6) is 0 Å². The van der Waals surface area contributed by atoms with Crippen molar-refractivity contribution in [3.05, 3.63) is 0 Å². The van der Waals surface area contributed by atoms with E-state index in [-0.39, 0.29) is 6.10 Å². The van der Waals surface area contributed by atoms with E-state index in [0.717, 1.165) is 0 Å². The zero-order valence-corrected chi connectivity index (χ0v) is 6.82. The maximum absolute atomic E-state index is 9.53. The Bertz CT molecular complexity index is 149. The molecule has 4 atom stereocenters. The first-order valence-electron chi connectivity index (χ1n) is 3.81. The molecule has 1 rings (SSSR count). The zero-order valence-electron chi connectivity index (χ0n) is 6.82. The summed E-state index contributed by atoms with van der Waals surface area (Å²) in [6.07, 6.45) is -0.548. The molecule has 2 N–H and O–H groups in total. The highest BCUT2D eigenvalue weighted by atomic mass is 16.5. The fraction of sp³-hybridized carbons (Fsp3) is 1.00.